The average Bonchev–Trinajstić information content (AvgIpc) is 2.04. The number of thioether (sulfide) groups is 2. The van der Waals surface area contributed by atoms with Crippen molar-refractivity contribution in [2.75, 3.05) is 18.1 Å². The Morgan fingerprint density at radius 3 is 2.15 bits per heavy atom. The first-order valence-electron chi connectivity index (χ1n) is 4.94. The highest BCUT2D eigenvalue weighted by atomic mass is 32.2. The molecule has 3 heteroatoms. The Hall–Kier alpha value is 0.660. The van der Waals surface area contributed by atoms with E-state index in [0.717, 1.165) is 6.61 Å². The van der Waals surface area contributed by atoms with Gasteiger partial charge in [-0.05, 0) is 24.9 Å². The lowest BCUT2D eigenvalue weighted by Crippen LogP contribution is -2.41. The Balaban J connectivity index is 2.73. The summed E-state index contributed by atoms with van der Waals surface area (Å²) in [4.78, 5) is 0. The number of hydrogen-bond acceptors (Lipinski definition) is 3. The smallest absolute Gasteiger partial charge is 0.165 e. The van der Waals surface area contributed by atoms with Gasteiger partial charge in [-0.3, -0.25) is 0 Å². The third-order valence-corrected chi connectivity index (χ3v) is 6.04. The molecule has 0 N–H and O–H groups in total. The Labute approximate surface area is 90.4 Å². The van der Waals surface area contributed by atoms with E-state index in [1.165, 1.54) is 17.9 Å². The first-order chi connectivity index (χ1) is 6.02. The fourth-order valence-electron chi connectivity index (χ4n) is 1.44. The van der Waals surface area contributed by atoms with E-state index in [-0.39, 0.29) is 9.68 Å². The maximum absolute atomic E-state index is 5.96. The van der Waals surface area contributed by atoms with E-state index in [2.05, 4.69) is 27.7 Å². The predicted molar refractivity (Wildman–Crippen MR) is 63.3 cm³/mol. The van der Waals surface area contributed by atoms with Gasteiger partial charge in [0.2, 0.25) is 0 Å². The average molecular weight is 220 g/mol. The minimum Gasteiger partial charge on any atom is -0.355 e. The molecule has 1 nitrogen and oxygen atoms in total. The van der Waals surface area contributed by atoms with Gasteiger partial charge in [-0.25, -0.2) is 0 Å². The van der Waals surface area contributed by atoms with Gasteiger partial charge in [0.25, 0.3) is 0 Å². The molecule has 0 spiro atoms. The van der Waals surface area contributed by atoms with E-state index in [1.54, 1.807) is 0 Å². The molecule has 1 aliphatic rings. The van der Waals surface area contributed by atoms with Crippen molar-refractivity contribution < 1.29 is 4.74 Å². The Morgan fingerprint density at radius 2 is 1.77 bits per heavy atom. The topological polar surface area (TPSA) is 9.23 Å². The summed E-state index contributed by atoms with van der Waals surface area (Å²) in [5, 5.41) is 0. The van der Waals surface area contributed by atoms with Crippen LogP contribution in [0.3, 0.4) is 0 Å². The zero-order valence-corrected chi connectivity index (χ0v) is 10.7. The third kappa shape index (κ3) is 2.57. The molecule has 78 valence electrons. The molecular weight excluding hydrogens is 200 g/mol. The second-order valence-corrected chi connectivity index (χ2v) is 7.09. The first kappa shape index (κ1) is 11.7. The van der Waals surface area contributed by atoms with Crippen molar-refractivity contribution >= 4 is 23.5 Å². The van der Waals surface area contributed by atoms with Crippen LogP contribution in [0.15, 0.2) is 0 Å². The second kappa shape index (κ2) is 4.45. The molecule has 1 fully saturated rings. The summed E-state index contributed by atoms with van der Waals surface area (Å²) in [5.74, 6) is 2.48. The van der Waals surface area contributed by atoms with Crippen LogP contribution in [-0.2, 0) is 4.74 Å². The van der Waals surface area contributed by atoms with Gasteiger partial charge in [-0.15, -0.1) is 23.5 Å². The Morgan fingerprint density at radius 1 is 1.23 bits per heavy atom. The summed E-state index contributed by atoms with van der Waals surface area (Å²) < 4.78 is 5.96. The number of ether oxygens (including phenoxy) is 1. The van der Waals surface area contributed by atoms with Crippen LogP contribution in [0.1, 0.15) is 34.1 Å². The van der Waals surface area contributed by atoms with Crippen molar-refractivity contribution in [2.24, 2.45) is 5.41 Å². The molecule has 1 heterocycles. The maximum atomic E-state index is 5.96. The van der Waals surface area contributed by atoms with Crippen molar-refractivity contribution in [1.29, 1.82) is 0 Å². The summed E-state index contributed by atoms with van der Waals surface area (Å²) >= 11 is 3.97. The van der Waals surface area contributed by atoms with E-state index >= 15 is 0 Å². The molecule has 0 amide bonds. The molecule has 0 aromatic carbocycles. The molecule has 0 aromatic rings. The molecule has 0 aliphatic carbocycles. The fraction of sp³-hybridized carbons (Fsp3) is 1.00. The molecule has 0 unspecified atom stereocenters. The van der Waals surface area contributed by atoms with Gasteiger partial charge < -0.3 is 4.74 Å². The van der Waals surface area contributed by atoms with Crippen LogP contribution in [0.2, 0.25) is 0 Å². The van der Waals surface area contributed by atoms with Gasteiger partial charge in [0.1, 0.15) is 0 Å². The molecule has 1 rings (SSSR count). The van der Waals surface area contributed by atoms with E-state index in [9.17, 15) is 0 Å². The number of hydrogen-bond donors (Lipinski definition) is 0. The fourth-order valence-corrected chi connectivity index (χ4v) is 4.84. The lowest BCUT2D eigenvalue weighted by molar-refractivity contribution is 0.0257. The minimum atomic E-state index is 0.000000000000000222. The molecule has 0 bridgehead atoms. The van der Waals surface area contributed by atoms with Crippen molar-refractivity contribution in [3.63, 3.8) is 0 Å². The molecule has 0 atom stereocenters. The van der Waals surface area contributed by atoms with E-state index < -0.39 is 0 Å². The summed E-state index contributed by atoms with van der Waals surface area (Å²) in [6.45, 7) is 9.72. The highest BCUT2D eigenvalue weighted by Gasteiger charge is 2.45. The summed E-state index contributed by atoms with van der Waals surface area (Å²) in [6, 6.07) is 0. The van der Waals surface area contributed by atoms with Gasteiger partial charge in [0, 0.05) is 12.0 Å². The lowest BCUT2D eigenvalue weighted by Gasteiger charge is -2.45. The molecule has 1 saturated heterocycles. The largest absolute Gasteiger partial charge is 0.355 e. The molecule has 13 heavy (non-hydrogen) atoms. The van der Waals surface area contributed by atoms with E-state index in [0.29, 0.717) is 0 Å². The zero-order chi connectivity index (χ0) is 9.95. The standard InChI is InChI=1S/C10H20OS2/c1-5-11-10(9(2,3)4)12-7-6-8-13-10/h5-8H2,1-4H3. The Bertz CT molecular complexity index is 151. The predicted octanol–water partition coefficient (Wildman–Crippen LogP) is 3.59. The highest BCUT2D eigenvalue weighted by molar-refractivity contribution is 8.18. The summed E-state index contributed by atoms with van der Waals surface area (Å²) in [7, 11) is 0. The summed E-state index contributed by atoms with van der Waals surface area (Å²) in [6.07, 6.45) is 1.32. The van der Waals surface area contributed by atoms with Gasteiger partial charge >= 0.3 is 0 Å². The van der Waals surface area contributed by atoms with Crippen molar-refractivity contribution in [2.45, 2.75) is 38.4 Å². The molecule has 0 aromatic heterocycles. The van der Waals surface area contributed by atoms with Crippen molar-refractivity contribution in [3.05, 3.63) is 0 Å². The molecule has 0 saturated carbocycles. The molecular formula is C10H20OS2. The molecule has 0 radical (unpaired) electrons. The normalized spacial score (nSPS) is 23.1. The monoisotopic (exact) mass is 220 g/mol. The van der Waals surface area contributed by atoms with Gasteiger partial charge in [0.05, 0.1) is 0 Å². The van der Waals surface area contributed by atoms with Crippen LogP contribution >= 0.6 is 23.5 Å². The first-order valence-corrected chi connectivity index (χ1v) is 6.91. The number of rotatable bonds is 2. The van der Waals surface area contributed by atoms with Crippen LogP contribution in [-0.4, -0.2) is 22.4 Å². The third-order valence-electron chi connectivity index (χ3n) is 2.13. The van der Waals surface area contributed by atoms with Gasteiger partial charge in [-0.2, -0.15) is 0 Å². The van der Waals surface area contributed by atoms with E-state index in [1.807, 2.05) is 23.5 Å². The highest BCUT2D eigenvalue weighted by Crippen LogP contribution is 2.53. The molecule has 1 aliphatic heterocycles. The minimum absolute atomic E-state index is 0.000000000000000222. The summed E-state index contributed by atoms with van der Waals surface area (Å²) in [5.41, 5.74) is 0.221. The zero-order valence-electron chi connectivity index (χ0n) is 9.05. The second-order valence-electron chi connectivity index (χ2n) is 4.29. The van der Waals surface area contributed by atoms with Crippen molar-refractivity contribution in [1.82, 2.24) is 0 Å². The van der Waals surface area contributed by atoms with Crippen LogP contribution < -0.4 is 0 Å². The van der Waals surface area contributed by atoms with E-state index in [4.69, 9.17) is 4.74 Å². The van der Waals surface area contributed by atoms with Crippen LogP contribution in [0, 0.1) is 5.41 Å². The quantitative estimate of drug-likeness (QED) is 0.704. The van der Waals surface area contributed by atoms with Gasteiger partial charge in [-0.1, -0.05) is 20.8 Å². The van der Waals surface area contributed by atoms with Crippen LogP contribution in [0.25, 0.3) is 0 Å². The van der Waals surface area contributed by atoms with Crippen LogP contribution in [0.4, 0.5) is 0 Å². The van der Waals surface area contributed by atoms with Crippen LogP contribution in [0.5, 0.6) is 0 Å². The van der Waals surface area contributed by atoms with Gasteiger partial charge in [0.15, 0.2) is 4.27 Å². The van der Waals surface area contributed by atoms with Crippen molar-refractivity contribution in [3.8, 4) is 0 Å². The Kier molecular flexibility index (Phi) is 4.02. The maximum Gasteiger partial charge on any atom is 0.165 e. The SMILES string of the molecule is CCOC1(C(C)(C)C)SCCCS1. The lowest BCUT2D eigenvalue weighted by atomic mass is 9.97.